The van der Waals surface area contributed by atoms with E-state index in [1.165, 1.54) is 76.2 Å². The SMILES string of the molecule is CCCCCC1CCC(CCc2ccc(-c3ccc(CCCC)cn3)c(F)c2)CC1. The van der Waals surface area contributed by atoms with Crippen LogP contribution in [0.2, 0.25) is 0 Å². The number of rotatable bonds is 11. The van der Waals surface area contributed by atoms with Crippen molar-refractivity contribution in [1.29, 1.82) is 0 Å². The van der Waals surface area contributed by atoms with Crippen molar-refractivity contribution >= 4 is 0 Å². The minimum absolute atomic E-state index is 0.138. The minimum atomic E-state index is -0.138. The molecule has 0 N–H and O–H groups in total. The maximum absolute atomic E-state index is 14.8. The van der Waals surface area contributed by atoms with E-state index < -0.39 is 0 Å². The van der Waals surface area contributed by atoms with E-state index in [1.54, 1.807) is 6.07 Å². The van der Waals surface area contributed by atoms with Crippen LogP contribution in [-0.2, 0) is 12.8 Å². The quantitative estimate of drug-likeness (QED) is 0.339. The molecule has 1 saturated carbocycles. The van der Waals surface area contributed by atoms with Crippen molar-refractivity contribution in [2.45, 2.75) is 97.3 Å². The normalized spacial score (nSPS) is 19.2. The van der Waals surface area contributed by atoms with E-state index in [9.17, 15) is 4.39 Å². The molecule has 3 rings (SSSR count). The Balaban J connectivity index is 1.48. The number of hydrogen-bond donors (Lipinski definition) is 0. The standard InChI is InChI=1S/C28H40FN/c1-3-5-7-9-22-10-12-23(13-11-22)14-15-24-16-18-26(27(29)20-24)28-19-17-25(21-30-28)8-6-4-2/h16-23H,3-15H2,1-2H3. The van der Waals surface area contributed by atoms with E-state index in [0.717, 1.165) is 35.9 Å². The van der Waals surface area contributed by atoms with Crippen LogP contribution in [0.5, 0.6) is 0 Å². The van der Waals surface area contributed by atoms with Gasteiger partial charge in [0.2, 0.25) is 0 Å². The molecule has 0 spiro atoms. The first-order chi connectivity index (χ1) is 14.7. The second-order valence-corrected chi connectivity index (χ2v) is 9.39. The molecule has 1 aliphatic carbocycles. The van der Waals surface area contributed by atoms with Gasteiger partial charge in [0.1, 0.15) is 5.82 Å². The lowest BCUT2D eigenvalue weighted by Crippen LogP contribution is -2.15. The highest BCUT2D eigenvalue weighted by atomic mass is 19.1. The number of benzene rings is 1. The van der Waals surface area contributed by atoms with E-state index in [4.69, 9.17) is 0 Å². The van der Waals surface area contributed by atoms with Crippen LogP contribution in [0.3, 0.4) is 0 Å². The second kappa shape index (κ2) is 12.2. The molecule has 0 radical (unpaired) electrons. The van der Waals surface area contributed by atoms with Crippen molar-refractivity contribution in [3.05, 3.63) is 53.5 Å². The maximum atomic E-state index is 14.8. The number of aryl methyl sites for hydroxylation is 2. The number of aromatic nitrogens is 1. The van der Waals surface area contributed by atoms with Gasteiger partial charge < -0.3 is 0 Å². The van der Waals surface area contributed by atoms with E-state index in [1.807, 2.05) is 18.3 Å². The average molecular weight is 410 g/mol. The summed E-state index contributed by atoms with van der Waals surface area (Å²) in [5, 5.41) is 0. The van der Waals surface area contributed by atoms with Crippen LogP contribution in [0.4, 0.5) is 4.39 Å². The van der Waals surface area contributed by atoms with Crippen molar-refractivity contribution in [2.24, 2.45) is 11.8 Å². The first-order valence-electron chi connectivity index (χ1n) is 12.4. The maximum Gasteiger partial charge on any atom is 0.132 e. The number of nitrogens with zero attached hydrogens (tertiary/aromatic N) is 1. The van der Waals surface area contributed by atoms with E-state index in [2.05, 4.69) is 31.0 Å². The van der Waals surface area contributed by atoms with E-state index in [-0.39, 0.29) is 5.82 Å². The molecule has 2 heteroatoms. The Morgan fingerprint density at radius 1 is 0.800 bits per heavy atom. The summed E-state index contributed by atoms with van der Waals surface area (Å²) in [6.07, 6.45) is 18.6. The summed E-state index contributed by atoms with van der Waals surface area (Å²) in [5.41, 5.74) is 3.72. The molecule has 0 unspecified atom stereocenters. The van der Waals surface area contributed by atoms with Gasteiger partial charge in [0.15, 0.2) is 0 Å². The van der Waals surface area contributed by atoms with Gasteiger partial charge in [-0.05, 0) is 66.8 Å². The molecule has 1 heterocycles. The number of pyridine rings is 1. The molecular weight excluding hydrogens is 369 g/mol. The van der Waals surface area contributed by atoms with Crippen LogP contribution in [0, 0.1) is 17.7 Å². The van der Waals surface area contributed by atoms with Gasteiger partial charge >= 0.3 is 0 Å². The lowest BCUT2D eigenvalue weighted by molar-refractivity contribution is 0.249. The summed E-state index contributed by atoms with van der Waals surface area (Å²) in [6, 6.07) is 9.80. The molecule has 164 valence electrons. The predicted molar refractivity (Wildman–Crippen MR) is 126 cm³/mol. The lowest BCUT2D eigenvalue weighted by Gasteiger charge is -2.28. The summed E-state index contributed by atoms with van der Waals surface area (Å²) >= 11 is 0. The van der Waals surface area contributed by atoms with Crippen LogP contribution in [0.25, 0.3) is 11.3 Å². The molecule has 0 amide bonds. The van der Waals surface area contributed by atoms with Crippen LogP contribution >= 0.6 is 0 Å². The Hall–Kier alpha value is -1.70. The first kappa shape index (κ1) is 23.0. The second-order valence-electron chi connectivity index (χ2n) is 9.39. The Kier molecular flexibility index (Phi) is 9.36. The van der Waals surface area contributed by atoms with Gasteiger partial charge in [0.05, 0.1) is 5.69 Å². The molecule has 1 fully saturated rings. The van der Waals surface area contributed by atoms with Crippen LogP contribution in [-0.4, -0.2) is 4.98 Å². The molecule has 0 bridgehead atoms. The zero-order valence-corrected chi connectivity index (χ0v) is 19.1. The van der Waals surface area contributed by atoms with Crippen molar-refractivity contribution in [1.82, 2.24) is 4.98 Å². The largest absolute Gasteiger partial charge is 0.256 e. The van der Waals surface area contributed by atoms with E-state index >= 15 is 0 Å². The Bertz CT molecular complexity index is 744. The summed E-state index contributed by atoms with van der Waals surface area (Å²) < 4.78 is 14.8. The zero-order valence-electron chi connectivity index (χ0n) is 19.1. The summed E-state index contributed by atoms with van der Waals surface area (Å²) in [6.45, 7) is 4.48. The number of unbranched alkanes of at least 4 members (excludes halogenated alkanes) is 3. The average Bonchev–Trinajstić information content (AvgIpc) is 2.78. The highest BCUT2D eigenvalue weighted by Crippen LogP contribution is 2.34. The molecule has 1 nitrogen and oxygen atoms in total. The van der Waals surface area contributed by atoms with Gasteiger partial charge in [0.25, 0.3) is 0 Å². The molecule has 0 saturated heterocycles. The monoisotopic (exact) mass is 409 g/mol. The Labute approximate surface area is 183 Å². The van der Waals surface area contributed by atoms with Gasteiger partial charge in [-0.15, -0.1) is 0 Å². The Morgan fingerprint density at radius 3 is 2.13 bits per heavy atom. The number of hydrogen-bond acceptors (Lipinski definition) is 1. The molecular formula is C28H40FN. The topological polar surface area (TPSA) is 12.9 Å². The highest BCUT2D eigenvalue weighted by Gasteiger charge is 2.20. The first-order valence-corrected chi connectivity index (χ1v) is 12.4. The van der Waals surface area contributed by atoms with E-state index in [0.29, 0.717) is 5.56 Å². The van der Waals surface area contributed by atoms with Crippen LogP contribution in [0.15, 0.2) is 36.5 Å². The summed E-state index contributed by atoms with van der Waals surface area (Å²) in [5.74, 6) is 1.65. The molecule has 0 aliphatic heterocycles. The Morgan fingerprint density at radius 2 is 1.50 bits per heavy atom. The molecule has 0 atom stereocenters. The zero-order chi connectivity index (χ0) is 21.2. The van der Waals surface area contributed by atoms with Crippen molar-refractivity contribution in [2.75, 3.05) is 0 Å². The summed E-state index contributed by atoms with van der Waals surface area (Å²) in [7, 11) is 0. The lowest BCUT2D eigenvalue weighted by atomic mass is 9.78. The van der Waals surface area contributed by atoms with Crippen molar-refractivity contribution in [3.63, 3.8) is 0 Å². The molecule has 1 aromatic carbocycles. The smallest absolute Gasteiger partial charge is 0.132 e. The van der Waals surface area contributed by atoms with Gasteiger partial charge in [-0.2, -0.15) is 0 Å². The van der Waals surface area contributed by atoms with Crippen molar-refractivity contribution < 1.29 is 4.39 Å². The minimum Gasteiger partial charge on any atom is -0.256 e. The third-order valence-corrected chi connectivity index (χ3v) is 6.98. The third-order valence-electron chi connectivity index (χ3n) is 6.98. The summed E-state index contributed by atoms with van der Waals surface area (Å²) in [4.78, 5) is 4.51. The molecule has 1 aliphatic rings. The number of halogens is 1. The predicted octanol–water partition coefficient (Wildman–Crippen LogP) is 8.55. The van der Waals surface area contributed by atoms with Crippen LogP contribution in [0.1, 0.15) is 95.6 Å². The molecule has 30 heavy (non-hydrogen) atoms. The molecule has 1 aromatic heterocycles. The molecule has 2 aromatic rings. The van der Waals surface area contributed by atoms with Crippen LogP contribution < -0.4 is 0 Å². The fourth-order valence-corrected chi connectivity index (χ4v) is 4.90. The third kappa shape index (κ3) is 6.93. The fourth-order valence-electron chi connectivity index (χ4n) is 4.90. The van der Waals surface area contributed by atoms with Gasteiger partial charge in [-0.1, -0.05) is 83.8 Å². The van der Waals surface area contributed by atoms with Crippen molar-refractivity contribution in [3.8, 4) is 11.3 Å². The van der Waals surface area contributed by atoms with Gasteiger partial charge in [-0.3, -0.25) is 4.98 Å². The van der Waals surface area contributed by atoms with Gasteiger partial charge in [0, 0.05) is 11.8 Å². The fraction of sp³-hybridized carbons (Fsp3) is 0.607. The highest BCUT2D eigenvalue weighted by molar-refractivity contribution is 5.60. The van der Waals surface area contributed by atoms with Gasteiger partial charge in [-0.25, -0.2) is 4.39 Å².